The van der Waals surface area contributed by atoms with E-state index in [4.69, 9.17) is 4.74 Å². The van der Waals surface area contributed by atoms with Gasteiger partial charge in [0.2, 0.25) is 0 Å². The van der Waals surface area contributed by atoms with Crippen molar-refractivity contribution in [1.29, 1.82) is 0 Å². The Labute approximate surface area is 111 Å². The molecule has 1 unspecified atom stereocenters. The van der Waals surface area contributed by atoms with Crippen molar-refractivity contribution in [3.05, 3.63) is 0 Å². The lowest BCUT2D eigenvalue weighted by Crippen LogP contribution is -2.41. The Morgan fingerprint density at radius 3 is 2.50 bits per heavy atom. The topological polar surface area (TPSA) is 38.3 Å². The van der Waals surface area contributed by atoms with E-state index < -0.39 is 0 Å². The molecule has 18 heavy (non-hydrogen) atoms. The maximum absolute atomic E-state index is 12.0. The van der Waals surface area contributed by atoms with Gasteiger partial charge in [0.1, 0.15) is 6.04 Å². The number of rotatable bonds is 7. The molecule has 0 spiro atoms. The molecule has 0 heterocycles. The van der Waals surface area contributed by atoms with Crippen molar-refractivity contribution in [2.24, 2.45) is 11.8 Å². The summed E-state index contributed by atoms with van der Waals surface area (Å²) in [5.74, 6) is 1.50. The van der Waals surface area contributed by atoms with Crippen molar-refractivity contribution >= 4 is 5.97 Å². The molecule has 2 saturated carbocycles. The molecular formula is C15H27NO2. The number of nitrogens with one attached hydrogen (secondary N) is 1. The summed E-state index contributed by atoms with van der Waals surface area (Å²) in [6, 6.07) is -0.0614. The summed E-state index contributed by atoms with van der Waals surface area (Å²) < 4.78 is 5.20. The van der Waals surface area contributed by atoms with E-state index in [1.165, 1.54) is 44.9 Å². The van der Waals surface area contributed by atoms with Gasteiger partial charge < -0.3 is 10.1 Å². The smallest absolute Gasteiger partial charge is 0.323 e. The molecule has 0 saturated heterocycles. The van der Waals surface area contributed by atoms with E-state index in [0.29, 0.717) is 6.61 Å². The Balaban J connectivity index is 1.78. The molecule has 0 amide bonds. The van der Waals surface area contributed by atoms with E-state index in [1.54, 1.807) is 0 Å². The number of ether oxygens (including phenoxy) is 1. The van der Waals surface area contributed by atoms with Crippen molar-refractivity contribution in [1.82, 2.24) is 5.32 Å². The van der Waals surface area contributed by atoms with E-state index >= 15 is 0 Å². The normalized spacial score (nSPS) is 22.7. The van der Waals surface area contributed by atoms with E-state index in [2.05, 4.69) is 5.32 Å². The lowest BCUT2D eigenvalue weighted by molar-refractivity contribution is -0.146. The fourth-order valence-electron chi connectivity index (χ4n) is 2.89. The molecule has 1 atom stereocenters. The largest absolute Gasteiger partial charge is 0.465 e. The first-order valence-electron chi connectivity index (χ1n) is 7.69. The number of esters is 1. The van der Waals surface area contributed by atoms with E-state index in [1.807, 2.05) is 6.92 Å². The van der Waals surface area contributed by atoms with Crippen LogP contribution in [0.3, 0.4) is 0 Å². The van der Waals surface area contributed by atoms with Gasteiger partial charge in [-0.2, -0.15) is 0 Å². The number of carbonyl (C=O) groups excluding carboxylic acids is 1. The maximum Gasteiger partial charge on any atom is 0.323 e. The van der Waals surface area contributed by atoms with Crippen LogP contribution in [0.4, 0.5) is 0 Å². The zero-order valence-corrected chi connectivity index (χ0v) is 11.6. The highest BCUT2D eigenvalue weighted by atomic mass is 16.5. The molecule has 0 radical (unpaired) electrons. The van der Waals surface area contributed by atoms with Crippen molar-refractivity contribution in [3.63, 3.8) is 0 Å². The fourth-order valence-corrected chi connectivity index (χ4v) is 2.89. The van der Waals surface area contributed by atoms with Crippen LogP contribution in [0.5, 0.6) is 0 Å². The Morgan fingerprint density at radius 1 is 1.17 bits per heavy atom. The van der Waals surface area contributed by atoms with Crippen LogP contribution in [0.2, 0.25) is 0 Å². The molecule has 104 valence electrons. The molecule has 2 rings (SSSR count). The highest BCUT2D eigenvalue weighted by Crippen LogP contribution is 2.30. The zero-order valence-electron chi connectivity index (χ0n) is 11.6. The van der Waals surface area contributed by atoms with Gasteiger partial charge in [0.05, 0.1) is 6.61 Å². The van der Waals surface area contributed by atoms with Crippen LogP contribution in [0.1, 0.15) is 58.3 Å². The van der Waals surface area contributed by atoms with Crippen LogP contribution in [-0.4, -0.2) is 25.2 Å². The Morgan fingerprint density at radius 2 is 1.89 bits per heavy atom. The summed E-state index contributed by atoms with van der Waals surface area (Å²) in [6.45, 7) is 3.37. The quantitative estimate of drug-likeness (QED) is 0.709. The van der Waals surface area contributed by atoms with E-state index in [0.717, 1.165) is 24.8 Å². The van der Waals surface area contributed by atoms with Gasteiger partial charge in [-0.1, -0.05) is 32.1 Å². The molecule has 0 bridgehead atoms. The predicted octanol–water partition coefficient (Wildman–Crippen LogP) is 2.89. The molecule has 3 heteroatoms. The molecule has 2 fully saturated rings. The fraction of sp³-hybridized carbons (Fsp3) is 0.933. The first kappa shape index (κ1) is 13.9. The van der Waals surface area contributed by atoms with E-state index in [9.17, 15) is 4.79 Å². The lowest BCUT2D eigenvalue weighted by Gasteiger charge is -2.26. The Hall–Kier alpha value is -0.570. The van der Waals surface area contributed by atoms with Gasteiger partial charge in [-0.25, -0.2) is 0 Å². The van der Waals surface area contributed by atoms with Gasteiger partial charge >= 0.3 is 5.97 Å². The van der Waals surface area contributed by atoms with Crippen LogP contribution in [0.15, 0.2) is 0 Å². The zero-order chi connectivity index (χ0) is 12.8. The first-order valence-corrected chi connectivity index (χ1v) is 7.69. The van der Waals surface area contributed by atoms with Crippen molar-refractivity contribution in [2.75, 3.05) is 13.2 Å². The second-order valence-corrected chi connectivity index (χ2v) is 5.90. The third-order valence-electron chi connectivity index (χ3n) is 4.21. The summed E-state index contributed by atoms with van der Waals surface area (Å²) in [5, 5.41) is 3.44. The molecule has 2 aliphatic rings. The average molecular weight is 253 g/mol. The van der Waals surface area contributed by atoms with Crippen molar-refractivity contribution in [2.45, 2.75) is 64.3 Å². The van der Waals surface area contributed by atoms with Crippen molar-refractivity contribution in [3.8, 4) is 0 Å². The highest BCUT2D eigenvalue weighted by Gasteiger charge is 2.28. The molecular weight excluding hydrogens is 226 g/mol. The Kier molecular flexibility index (Phi) is 5.48. The highest BCUT2D eigenvalue weighted by molar-refractivity contribution is 5.75. The standard InChI is InChI=1S/C15H27NO2/c1-2-18-15(17)14(16-11-13-8-9-13)10-12-6-4-3-5-7-12/h12-14,16H,2-11H2,1H3. The minimum absolute atomic E-state index is 0.0382. The molecule has 0 aromatic carbocycles. The molecule has 1 N–H and O–H groups in total. The second-order valence-electron chi connectivity index (χ2n) is 5.90. The summed E-state index contributed by atoms with van der Waals surface area (Å²) in [6.07, 6.45) is 10.3. The van der Waals surface area contributed by atoms with Gasteiger partial charge in [-0.3, -0.25) is 4.79 Å². The monoisotopic (exact) mass is 253 g/mol. The van der Waals surface area contributed by atoms with Crippen molar-refractivity contribution < 1.29 is 9.53 Å². The van der Waals surface area contributed by atoms with Gasteiger partial charge in [-0.05, 0) is 44.6 Å². The lowest BCUT2D eigenvalue weighted by atomic mass is 9.85. The van der Waals surface area contributed by atoms with Crippen LogP contribution < -0.4 is 5.32 Å². The first-order chi connectivity index (χ1) is 8.79. The summed E-state index contributed by atoms with van der Waals surface area (Å²) in [7, 11) is 0. The number of carbonyl (C=O) groups is 1. The minimum atomic E-state index is -0.0614. The SMILES string of the molecule is CCOC(=O)C(CC1CCCCC1)NCC1CC1. The molecule has 2 aliphatic carbocycles. The minimum Gasteiger partial charge on any atom is -0.465 e. The Bertz CT molecular complexity index is 257. The third-order valence-corrected chi connectivity index (χ3v) is 4.21. The number of hydrogen-bond donors (Lipinski definition) is 1. The molecule has 0 aliphatic heterocycles. The van der Waals surface area contributed by atoms with Gasteiger partial charge in [0.25, 0.3) is 0 Å². The summed E-state index contributed by atoms with van der Waals surface area (Å²) >= 11 is 0. The summed E-state index contributed by atoms with van der Waals surface area (Å²) in [5.41, 5.74) is 0. The summed E-state index contributed by atoms with van der Waals surface area (Å²) in [4.78, 5) is 12.0. The second kappa shape index (κ2) is 7.13. The molecule has 3 nitrogen and oxygen atoms in total. The van der Waals surface area contributed by atoms with E-state index in [-0.39, 0.29) is 12.0 Å². The predicted molar refractivity (Wildman–Crippen MR) is 72.3 cm³/mol. The van der Waals surface area contributed by atoms with Crippen LogP contribution in [0.25, 0.3) is 0 Å². The van der Waals surface area contributed by atoms with Crippen LogP contribution in [0, 0.1) is 11.8 Å². The third kappa shape index (κ3) is 4.60. The van der Waals surface area contributed by atoms with Gasteiger partial charge in [0.15, 0.2) is 0 Å². The molecule has 0 aromatic rings. The van der Waals surface area contributed by atoms with Gasteiger partial charge in [0, 0.05) is 0 Å². The van der Waals surface area contributed by atoms with Crippen LogP contribution >= 0.6 is 0 Å². The van der Waals surface area contributed by atoms with Crippen LogP contribution in [-0.2, 0) is 9.53 Å². The maximum atomic E-state index is 12.0. The van der Waals surface area contributed by atoms with Gasteiger partial charge in [-0.15, -0.1) is 0 Å². The number of hydrogen-bond acceptors (Lipinski definition) is 3. The average Bonchev–Trinajstić information content (AvgIpc) is 3.20. The molecule has 0 aromatic heterocycles.